The molecule has 2 aromatic carbocycles. The van der Waals surface area contributed by atoms with Crippen LogP contribution in [0, 0.1) is 0 Å². The van der Waals surface area contributed by atoms with Gasteiger partial charge in [-0.1, -0.05) is 35.9 Å². The quantitative estimate of drug-likeness (QED) is 0.428. The minimum absolute atomic E-state index is 0.000932. The topological polar surface area (TPSA) is 73.5 Å². The van der Waals surface area contributed by atoms with E-state index in [1.54, 1.807) is 48.7 Å². The van der Waals surface area contributed by atoms with Gasteiger partial charge in [0.15, 0.2) is 11.5 Å². The van der Waals surface area contributed by atoms with Crippen molar-refractivity contribution in [2.45, 2.75) is 0 Å². The van der Waals surface area contributed by atoms with Gasteiger partial charge in [0.1, 0.15) is 0 Å². The van der Waals surface area contributed by atoms with Gasteiger partial charge in [-0.25, -0.2) is 9.36 Å². The normalized spacial score (nSPS) is 11.2. The minimum Gasteiger partial charge on any atom is -0.504 e. The molecule has 1 N–H and O–H groups in total. The molecule has 0 aliphatic rings. The molecule has 31 heavy (non-hydrogen) atoms. The zero-order valence-electron chi connectivity index (χ0n) is 16.4. The summed E-state index contributed by atoms with van der Waals surface area (Å²) in [6, 6.07) is 17.3. The maximum absolute atomic E-state index is 13.2. The van der Waals surface area contributed by atoms with E-state index < -0.39 is 11.6 Å². The van der Waals surface area contributed by atoms with E-state index in [4.69, 9.17) is 16.3 Å². The molecular weight excluding hydrogens is 436 g/mol. The second kappa shape index (κ2) is 8.67. The average Bonchev–Trinajstić information content (AvgIpc) is 3.36. The van der Waals surface area contributed by atoms with Crippen molar-refractivity contribution in [2.75, 3.05) is 7.11 Å². The first-order chi connectivity index (χ1) is 15.0. The fraction of sp³-hybridized carbons (Fsp3) is 0.0435. The summed E-state index contributed by atoms with van der Waals surface area (Å²) in [5, 5.41) is 9.73. The van der Waals surface area contributed by atoms with Crippen molar-refractivity contribution in [1.29, 1.82) is 0 Å². The third kappa shape index (κ3) is 4.19. The molecule has 0 fully saturated rings. The van der Waals surface area contributed by atoms with Crippen molar-refractivity contribution in [3.05, 3.63) is 93.3 Å². The van der Waals surface area contributed by atoms with Crippen molar-refractivity contribution in [2.24, 2.45) is 0 Å². The van der Waals surface area contributed by atoms with E-state index in [9.17, 15) is 14.7 Å². The summed E-state index contributed by atoms with van der Waals surface area (Å²) in [7, 11) is 1.44. The Balaban J connectivity index is 1.78. The molecule has 2 aromatic heterocycles. The summed E-state index contributed by atoms with van der Waals surface area (Å²) in [5.41, 5.74) is 1.25. The fourth-order valence-corrected chi connectivity index (χ4v) is 4.14. The number of phenolic OH excluding ortho intramolecular Hbond substituents is 1. The zero-order chi connectivity index (χ0) is 22.0. The Hall–Kier alpha value is -3.55. The van der Waals surface area contributed by atoms with Crippen LogP contribution in [0.4, 0.5) is 0 Å². The highest BCUT2D eigenvalue weighted by molar-refractivity contribution is 7.19. The van der Waals surface area contributed by atoms with Gasteiger partial charge in [-0.15, -0.1) is 11.3 Å². The highest BCUT2D eigenvalue weighted by Crippen LogP contribution is 2.31. The molecule has 0 saturated carbocycles. The number of halogens is 1. The van der Waals surface area contributed by atoms with Gasteiger partial charge < -0.3 is 9.84 Å². The van der Waals surface area contributed by atoms with Crippen LogP contribution in [-0.4, -0.2) is 27.3 Å². The number of para-hydroxylation sites is 1. The molecular formula is C23H17ClN2O4S. The van der Waals surface area contributed by atoms with Gasteiger partial charge in [-0.05, 0) is 48.0 Å². The number of aromatic hydroxyl groups is 1. The average molecular weight is 453 g/mol. The summed E-state index contributed by atoms with van der Waals surface area (Å²) < 4.78 is 8.19. The van der Waals surface area contributed by atoms with Gasteiger partial charge >= 0.3 is 5.69 Å². The molecule has 8 heteroatoms. The van der Waals surface area contributed by atoms with Gasteiger partial charge in [-0.3, -0.25) is 9.36 Å². The lowest BCUT2D eigenvalue weighted by molar-refractivity contribution is 0.0967. The maximum Gasteiger partial charge on any atom is 0.340 e. The monoisotopic (exact) mass is 452 g/mol. The molecule has 156 valence electrons. The molecule has 0 spiro atoms. The Morgan fingerprint density at radius 3 is 2.58 bits per heavy atom. The number of carbonyl (C=O) groups excluding carboxylic acids is 1. The number of thiophene rings is 1. The Kier molecular flexibility index (Phi) is 5.79. The van der Waals surface area contributed by atoms with Crippen LogP contribution in [0.15, 0.2) is 77.7 Å². The number of nitrogens with zero attached hydrogens (tertiary/aromatic N) is 2. The number of ether oxygens (including phenoxy) is 1. The first kappa shape index (κ1) is 20.7. The van der Waals surface area contributed by atoms with Crippen molar-refractivity contribution >= 4 is 34.9 Å². The van der Waals surface area contributed by atoms with E-state index in [-0.39, 0.29) is 11.5 Å². The molecule has 0 unspecified atom stereocenters. The van der Waals surface area contributed by atoms with Gasteiger partial charge in [-0.2, -0.15) is 0 Å². The second-order valence-electron chi connectivity index (χ2n) is 6.54. The van der Waals surface area contributed by atoms with Crippen LogP contribution >= 0.6 is 22.9 Å². The number of aromatic nitrogens is 2. The molecule has 4 rings (SSSR count). The van der Waals surface area contributed by atoms with E-state index in [1.807, 2.05) is 18.2 Å². The number of rotatable bonds is 5. The molecule has 0 aliphatic carbocycles. The smallest absolute Gasteiger partial charge is 0.340 e. The molecule has 0 radical (unpaired) electrons. The van der Waals surface area contributed by atoms with Crippen molar-refractivity contribution in [1.82, 2.24) is 9.13 Å². The number of hydrogen-bond donors (Lipinski definition) is 1. The van der Waals surface area contributed by atoms with Crippen LogP contribution < -0.4 is 10.4 Å². The van der Waals surface area contributed by atoms with Gasteiger partial charge in [0.25, 0.3) is 5.91 Å². The number of carbonyl (C=O) groups is 1. The predicted molar refractivity (Wildman–Crippen MR) is 123 cm³/mol. The lowest BCUT2D eigenvalue weighted by Gasteiger charge is -2.04. The Morgan fingerprint density at radius 2 is 1.90 bits per heavy atom. The second-order valence-corrected chi connectivity index (χ2v) is 8.26. The van der Waals surface area contributed by atoms with Gasteiger partial charge in [0, 0.05) is 12.3 Å². The predicted octanol–water partition coefficient (Wildman–Crippen LogP) is 5.09. The first-order valence-electron chi connectivity index (χ1n) is 9.23. The third-order valence-electron chi connectivity index (χ3n) is 4.59. The molecule has 0 bridgehead atoms. The molecule has 4 aromatic rings. The molecule has 0 atom stereocenters. The molecule has 6 nitrogen and oxygen atoms in total. The van der Waals surface area contributed by atoms with E-state index >= 15 is 0 Å². The summed E-state index contributed by atoms with van der Waals surface area (Å²) in [4.78, 5) is 26.9. The number of hydrogen-bond acceptors (Lipinski definition) is 5. The molecule has 0 saturated heterocycles. The number of methoxy groups -OCH3 is 1. The van der Waals surface area contributed by atoms with Gasteiger partial charge in [0.2, 0.25) is 0 Å². The van der Waals surface area contributed by atoms with Crippen molar-refractivity contribution in [3.63, 3.8) is 0 Å². The highest BCUT2D eigenvalue weighted by Gasteiger charge is 2.19. The Labute approximate surface area is 186 Å². The van der Waals surface area contributed by atoms with Crippen LogP contribution in [0.2, 0.25) is 4.34 Å². The lowest BCUT2D eigenvalue weighted by Crippen LogP contribution is -2.27. The molecule has 2 heterocycles. The van der Waals surface area contributed by atoms with Crippen LogP contribution in [0.1, 0.15) is 10.4 Å². The number of imidazole rings is 1. The largest absolute Gasteiger partial charge is 0.504 e. The van der Waals surface area contributed by atoms with Crippen LogP contribution in [0.5, 0.6) is 11.5 Å². The number of allylic oxidation sites excluding steroid dienone is 1. The highest BCUT2D eigenvalue weighted by atomic mass is 35.5. The fourth-order valence-electron chi connectivity index (χ4n) is 3.10. The molecule has 0 amide bonds. The first-order valence-corrected chi connectivity index (χ1v) is 10.4. The zero-order valence-corrected chi connectivity index (χ0v) is 17.9. The SMILES string of the molecule is COc1cc(/C=C/C(=O)n2c(-c3ccc(Cl)s3)cn(-c3ccccc3)c2=O)ccc1O. The summed E-state index contributed by atoms with van der Waals surface area (Å²) in [6.45, 7) is 0. The number of benzene rings is 2. The molecule has 0 aliphatic heterocycles. The lowest BCUT2D eigenvalue weighted by atomic mass is 10.2. The Bertz CT molecular complexity index is 1340. The standard InChI is InChI=1S/C23H17ClN2O4S/c1-30-19-13-15(7-9-18(19)27)8-12-22(28)26-17(20-10-11-21(24)31-20)14-25(23(26)29)16-5-3-2-4-6-16/h2-14,27H,1H3/b12-8+. The van der Waals surface area contributed by atoms with Crippen LogP contribution in [0.3, 0.4) is 0 Å². The Morgan fingerprint density at radius 1 is 1.13 bits per heavy atom. The van der Waals surface area contributed by atoms with E-state index in [1.165, 1.54) is 35.2 Å². The van der Waals surface area contributed by atoms with E-state index in [0.29, 0.717) is 26.2 Å². The van der Waals surface area contributed by atoms with Crippen LogP contribution in [0.25, 0.3) is 22.3 Å². The maximum atomic E-state index is 13.2. The summed E-state index contributed by atoms with van der Waals surface area (Å²) in [6.07, 6.45) is 4.50. The summed E-state index contributed by atoms with van der Waals surface area (Å²) in [5.74, 6) is -0.221. The van der Waals surface area contributed by atoms with Crippen molar-refractivity contribution in [3.8, 4) is 27.8 Å². The summed E-state index contributed by atoms with van der Waals surface area (Å²) >= 11 is 7.36. The number of phenols is 1. The van der Waals surface area contributed by atoms with Gasteiger partial charge in [0.05, 0.1) is 27.7 Å². The third-order valence-corrected chi connectivity index (χ3v) is 5.85. The van der Waals surface area contributed by atoms with E-state index in [2.05, 4.69) is 0 Å². The van der Waals surface area contributed by atoms with Crippen molar-refractivity contribution < 1.29 is 14.6 Å². The van der Waals surface area contributed by atoms with E-state index in [0.717, 1.165) is 4.57 Å². The van der Waals surface area contributed by atoms with Crippen LogP contribution in [-0.2, 0) is 0 Å². The minimum atomic E-state index is -0.508.